The van der Waals surface area contributed by atoms with E-state index in [9.17, 15) is 5.11 Å². The number of hydrogen-bond acceptors (Lipinski definition) is 2. The maximum atomic E-state index is 10.8. The monoisotopic (exact) mass is 330 g/mol. The Hall–Kier alpha value is -2.74. The van der Waals surface area contributed by atoms with Gasteiger partial charge in [-0.2, -0.15) is 0 Å². The number of rotatable bonds is 3. The van der Waals surface area contributed by atoms with Crippen molar-refractivity contribution in [2.24, 2.45) is 11.8 Å². The maximum absolute atomic E-state index is 10.8. The highest BCUT2D eigenvalue weighted by molar-refractivity contribution is 5.98. The molecule has 0 aliphatic heterocycles. The molecule has 2 atom stereocenters. The second kappa shape index (κ2) is 6.29. The maximum Gasteiger partial charge on any atom is 0.127 e. The molecule has 2 aliphatic carbocycles. The van der Waals surface area contributed by atoms with E-state index in [2.05, 4.69) is 48.6 Å². The van der Waals surface area contributed by atoms with Crippen LogP contribution in [0.25, 0.3) is 16.3 Å². The van der Waals surface area contributed by atoms with Crippen molar-refractivity contribution in [3.05, 3.63) is 84.2 Å². The predicted octanol–water partition coefficient (Wildman–Crippen LogP) is 5.82. The van der Waals surface area contributed by atoms with E-state index in [-0.39, 0.29) is 17.9 Å². The average Bonchev–Trinajstić information content (AvgIpc) is 2.62. The first-order chi connectivity index (χ1) is 12.1. The van der Waals surface area contributed by atoms with Gasteiger partial charge in [0.2, 0.25) is 0 Å². The molecule has 1 N–H and O–H groups in total. The first-order valence-corrected chi connectivity index (χ1v) is 8.80. The van der Waals surface area contributed by atoms with Crippen molar-refractivity contribution >= 4 is 16.3 Å². The highest BCUT2D eigenvalue weighted by Gasteiger charge is 2.30. The van der Waals surface area contributed by atoms with Crippen molar-refractivity contribution < 1.29 is 9.84 Å². The van der Waals surface area contributed by atoms with Crippen LogP contribution in [0.2, 0.25) is 0 Å². The van der Waals surface area contributed by atoms with Crippen LogP contribution < -0.4 is 4.74 Å². The quantitative estimate of drug-likeness (QED) is 0.768. The fourth-order valence-electron chi connectivity index (χ4n) is 3.74. The molecular formula is C23H22O2. The summed E-state index contributed by atoms with van der Waals surface area (Å²) in [6, 6.07) is 12.4. The zero-order valence-electron chi connectivity index (χ0n) is 14.5. The Balaban J connectivity index is 1.99. The Morgan fingerprint density at radius 2 is 1.76 bits per heavy atom. The van der Waals surface area contributed by atoms with Crippen LogP contribution in [-0.4, -0.2) is 11.2 Å². The van der Waals surface area contributed by atoms with E-state index in [1.807, 2.05) is 38.1 Å². The van der Waals surface area contributed by atoms with Gasteiger partial charge in [0.1, 0.15) is 11.5 Å². The lowest BCUT2D eigenvalue weighted by molar-refractivity contribution is 0.241. The highest BCUT2D eigenvalue weighted by Crippen LogP contribution is 2.45. The Bertz CT molecular complexity index is 928. The molecule has 2 aromatic carbocycles. The molecule has 2 aromatic rings. The lowest BCUT2D eigenvalue weighted by Gasteiger charge is -2.30. The van der Waals surface area contributed by atoms with Gasteiger partial charge in [0, 0.05) is 23.0 Å². The summed E-state index contributed by atoms with van der Waals surface area (Å²) in [5.74, 6) is 1.54. The molecule has 0 spiro atoms. The third-order valence-corrected chi connectivity index (χ3v) is 4.79. The van der Waals surface area contributed by atoms with Crippen molar-refractivity contribution in [2.75, 3.05) is 0 Å². The van der Waals surface area contributed by atoms with Crippen LogP contribution >= 0.6 is 0 Å². The smallest absolute Gasteiger partial charge is 0.127 e. The lowest BCUT2D eigenvalue weighted by atomic mass is 9.75. The number of fused-ring (bicyclic) bond motifs is 2. The van der Waals surface area contributed by atoms with Crippen LogP contribution in [0.5, 0.6) is 5.75 Å². The normalized spacial score (nSPS) is 21.9. The van der Waals surface area contributed by atoms with Gasteiger partial charge in [0.15, 0.2) is 0 Å². The average molecular weight is 330 g/mol. The number of aliphatic hydroxyl groups excluding tert-OH is 1. The largest absolute Gasteiger partial charge is 0.508 e. The summed E-state index contributed by atoms with van der Waals surface area (Å²) in [6.07, 6.45) is 12.4. The van der Waals surface area contributed by atoms with Crippen LogP contribution in [0.1, 0.15) is 19.4 Å². The Morgan fingerprint density at radius 1 is 0.960 bits per heavy atom. The molecule has 126 valence electrons. The standard InChI is InChI=1S/C23H22O2/c1-15(2)25-21-14-12-17-8-4-6-10-19(17)23(21)22-18-9-5-3-7-16(18)11-13-20(22)24/h3-16,18,24H,1-2H3. The van der Waals surface area contributed by atoms with E-state index in [0.717, 1.165) is 27.7 Å². The van der Waals surface area contributed by atoms with Crippen molar-refractivity contribution in [2.45, 2.75) is 20.0 Å². The van der Waals surface area contributed by atoms with Crippen LogP contribution in [0.15, 0.2) is 78.6 Å². The van der Waals surface area contributed by atoms with Gasteiger partial charge >= 0.3 is 0 Å². The SMILES string of the molecule is CC(C)Oc1ccc2ccccc2c1C1=C(O)C=CC2C=CC=CC12. The lowest BCUT2D eigenvalue weighted by Crippen LogP contribution is -2.18. The van der Waals surface area contributed by atoms with Crippen LogP contribution in [0.4, 0.5) is 0 Å². The van der Waals surface area contributed by atoms with Crippen LogP contribution in [0.3, 0.4) is 0 Å². The van der Waals surface area contributed by atoms with Crippen LogP contribution in [-0.2, 0) is 0 Å². The van der Waals surface area contributed by atoms with E-state index < -0.39 is 0 Å². The summed E-state index contributed by atoms with van der Waals surface area (Å²) in [6.45, 7) is 4.06. The highest BCUT2D eigenvalue weighted by atomic mass is 16.5. The van der Waals surface area contributed by atoms with Gasteiger partial charge in [0.25, 0.3) is 0 Å². The summed E-state index contributed by atoms with van der Waals surface area (Å²) < 4.78 is 6.12. The third-order valence-electron chi connectivity index (χ3n) is 4.79. The molecule has 0 radical (unpaired) electrons. The Morgan fingerprint density at radius 3 is 2.60 bits per heavy atom. The van der Waals surface area contributed by atoms with E-state index in [0.29, 0.717) is 5.76 Å². The molecule has 2 nitrogen and oxygen atoms in total. The van der Waals surface area contributed by atoms with Gasteiger partial charge in [-0.25, -0.2) is 0 Å². The van der Waals surface area contributed by atoms with Gasteiger partial charge in [0.05, 0.1) is 6.10 Å². The fraction of sp³-hybridized carbons (Fsp3) is 0.217. The Labute approximate surface area is 148 Å². The molecule has 0 heterocycles. The van der Waals surface area contributed by atoms with E-state index in [1.54, 1.807) is 0 Å². The predicted molar refractivity (Wildman–Crippen MR) is 104 cm³/mol. The van der Waals surface area contributed by atoms with Crippen molar-refractivity contribution in [3.8, 4) is 5.75 Å². The molecule has 2 aliphatic rings. The summed E-state index contributed by atoms with van der Waals surface area (Å²) >= 11 is 0. The number of hydrogen-bond donors (Lipinski definition) is 1. The molecule has 0 fully saturated rings. The second-order valence-corrected chi connectivity index (χ2v) is 6.86. The number of ether oxygens (including phenoxy) is 1. The molecule has 2 heteroatoms. The van der Waals surface area contributed by atoms with Gasteiger partial charge in [-0.1, -0.05) is 60.7 Å². The van der Waals surface area contributed by atoms with Gasteiger partial charge < -0.3 is 9.84 Å². The second-order valence-electron chi connectivity index (χ2n) is 6.86. The molecular weight excluding hydrogens is 308 g/mol. The van der Waals surface area contributed by atoms with E-state index in [1.165, 1.54) is 0 Å². The van der Waals surface area contributed by atoms with Gasteiger partial charge in [-0.05, 0) is 36.8 Å². The fourth-order valence-corrected chi connectivity index (χ4v) is 3.74. The minimum absolute atomic E-state index is 0.0689. The first-order valence-electron chi connectivity index (χ1n) is 8.80. The number of aliphatic hydroxyl groups is 1. The summed E-state index contributed by atoms with van der Waals surface area (Å²) in [5, 5.41) is 13.0. The molecule has 25 heavy (non-hydrogen) atoms. The molecule has 0 saturated heterocycles. The topological polar surface area (TPSA) is 29.5 Å². The molecule has 0 amide bonds. The minimum atomic E-state index is 0.0689. The zero-order valence-corrected chi connectivity index (χ0v) is 14.5. The minimum Gasteiger partial charge on any atom is -0.508 e. The van der Waals surface area contributed by atoms with Crippen molar-refractivity contribution in [1.29, 1.82) is 0 Å². The first kappa shape index (κ1) is 15.8. The third kappa shape index (κ3) is 2.78. The van der Waals surface area contributed by atoms with Gasteiger partial charge in [-0.3, -0.25) is 0 Å². The zero-order chi connectivity index (χ0) is 17.4. The Kier molecular flexibility index (Phi) is 3.96. The van der Waals surface area contributed by atoms with E-state index >= 15 is 0 Å². The van der Waals surface area contributed by atoms with Gasteiger partial charge in [-0.15, -0.1) is 0 Å². The molecule has 2 unspecified atom stereocenters. The molecule has 4 rings (SSSR count). The number of allylic oxidation sites excluding steroid dienone is 7. The van der Waals surface area contributed by atoms with Crippen LogP contribution in [0, 0.1) is 11.8 Å². The molecule has 0 saturated carbocycles. The summed E-state index contributed by atoms with van der Waals surface area (Å²) in [4.78, 5) is 0. The number of benzene rings is 2. The van der Waals surface area contributed by atoms with E-state index in [4.69, 9.17) is 4.74 Å². The van der Waals surface area contributed by atoms with Crippen molar-refractivity contribution in [1.82, 2.24) is 0 Å². The molecule has 0 bridgehead atoms. The summed E-state index contributed by atoms with van der Waals surface area (Å²) in [5.41, 5.74) is 1.95. The molecule has 0 aromatic heterocycles. The summed E-state index contributed by atoms with van der Waals surface area (Å²) in [7, 11) is 0. The van der Waals surface area contributed by atoms with Crippen molar-refractivity contribution in [3.63, 3.8) is 0 Å².